The van der Waals surface area contributed by atoms with E-state index in [9.17, 15) is 14.7 Å². The molecule has 1 fully saturated rings. The zero-order chi connectivity index (χ0) is 38.2. The van der Waals surface area contributed by atoms with Gasteiger partial charge in [-0.05, 0) is 96.4 Å². The van der Waals surface area contributed by atoms with Crippen LogP contribution in [-0.2, 0) is 11.5 Å². The van der Waals surface area contributed by atoms with Gasteiger partial charge >= 0.3 is 17.3 Å². The highest BCUT2D eigenvalue weighted by atomic mass is 35.5. The molecule has 0 bridgehead atoms. The lowest BCUT2D eigenvalue weighted by atomic mass is 9.83. The minimum Gasteiger partial charge on any atom is -0.391 e. The number of pyridine rings is 1. The molecule has 1 aliphatic rings. The molecule has 0 aliphatic carbocycles. The normalized spacial score (nSPS) is 15.9. The maximum atomic E-state index is 16.5. The maximum Gasteiger partial charge on any atom is 0.362 e. The van der Waals surface area contributed by atoms with Crippen molar-refractivity contribution in [3.05, 3.63) is 135 Å². The van der Waals surface area contributed by atoms with Crippen LogP contribution in [-0.4, -0.2) is 76.9 Å². The predicted octanol–water partition coefficient (Wildman–Crippen LogP) is 5.24. The first kappa shape index (κ1) is 36.7. The first-order valence-corrected chi connectivity index (χ1v) is 18.0. The van der Waals surface area contributed by atoms with Crippen molar-refractivity contribution >= 4 is 23.0 Å². The Morgan fingerprint density at radius 3 is 2.04 bits per heavy atom. The van der Waals surface area contributed by atoms with Crippen molar-refractivity contribution in [3.63, 3.8) is 0 Å². The fraction of sp³-hybridized carbons (Fsp3) is 0.316. The second-order valence-electron chi connectivity index (χ2n) is 13.5. The van der Waals surface area contributed by atoms with Gasteiger partial charge in [0, 0.05) is 54.3 Å². The summed E-state index contributed by atoms with van der Waals surface area (Å²) in [5.41, 5.74) is 0.286. The Bertz CT molecular complexity index is 2330. The number of anilines is 2. The van der Waals surface area contributed by atoms with E-state index in [1.807, 2.05) is 55.5 Å². The lowest BCUT2D eigenvalue weighted by Gasteiger charge is -2.37. The number of alkyl halides is 2. The Kier molecular flexibility index (Phi) is 9.94. The summed E-state index contributed by atoms with van der Waals surface area (Å²) in [4.78, 5) is 34.3. The molecule has 7 rings (SSSR count). The summed E-state index contributed by atoms with van der Waals surface area (Å²) in [7, 11) is 0. The summed E-state index contributed by atoms with van der Waals surface area (Å²) in [6, 6.07) is 24.1. The Morgan fingerprint density at radius 2 is 1.50 bits per heavy atom. The molecule has 3 aromatic heterocycles. The topological polar surface area (TPSA) is 143 Å². The van der Waals surface area contributed by atoms with E-state index in [0.717, 1.165) is 43.1 Å². The van der Waals surface area contributed by atoms with Crippen molar-refractivity contribution in [2.75, 3.05) is 36.0 Å². The Morgan fingerprint density at radius 1 is 0.889 bits per heavy atom. The van der Waals surface area contributed by atoms with Crippen LogP contribution in [0.2, 0.25) is 5.02 Å². The number of aliphatic hydroxyl groups excluding tert-OH is 1. The predicted molar refractivity (Wildman–Crippen MR) is 202 cm³/mol. The Hall–Kier alpha value is -5.67. The number of H-pyrrole nitrogens is 1. The monoisotopic (exact) mass is 756 g/mol. The average molecular weight is 757 g/mol. The molecule has 0 saturated carbocycles. The van der Waals surface area contributed by atoms with E-state index in [2.05, 4.69) is 35.4 Å². The van der Waals surface area contributed by atoms with Crippen LogP contribution in [0.4, 0.5) is 20.2 Å². The summed E-state index contributed by atoms with van der Waals surface area (Å²) in [6.07, 6.45) is 2.78. The molecule has 4 heterocycles. The first-order valence-electron chi connectivity index (χ1n) is 17.6. The summed E-state index contributed by atoms with van der Waals surface area (Å²) >= 11 is 6.16. The molecule has 3 aromatic carbocycles. The third-order valence-corrected chi connectivity index (χ3v) is 10.5. The van der Waals surface area contributed by atoms with Crippen molar-refractivity contribution in [2.24, 2.45) is 0 Å². The number of tetrazole rings is 1. The lowest BCUT2D eigenvalue weighted by Crippen LogP contribution is -2.51. The van der Waals surface area contributed by atoms with Gasteiger partial charge in [0.2, 0.25) is 0 Å². The molecular weight excluding hydrogens is 718 g/mol. The molecule has 6 aromatic rings. The van der Waals surface area contributed by atoms with Crippen LogP contribution in [0.5, 0.6) is 0 Å². The molecule has 13 nitrogen and oxygen atoms in total. The number of benzene rings is 3. The van der Waals surface area contributed by atoms with Crippen LogP contribution in [0.3, 0.4) is 0 Å². The summed E-state index contributed by atoms with van der Waals surface area (Å²) in [6.45, 7) is 7.93. The fourth-order valence-corrected chi connectivity index (χ4v) is 7.26. The molecule has 2 N–H and O–H groups in total. The molecule has 3 atom stereocenters. The second-order valence-corrected chi connectivity index (χ2v) is 13.9. The number of nitrogens with zero attached hydrogens (tertiary/aromatic N) is 9. The smallest absolute Gasteiger partial charge is 0.362 e. The minimum absolute atomic E-state index is 0.0636. The van der Waals surface area contributed by atoms with Gasteiger partial charge in [0.1, 0.15) is 12.0 Å². The van der Waals surface area contributed by atoms with Crippen molar-refractivity contribution in [2.45, 2.75) is 50.8 Å². The Labute approximate surface area is 314 Å². The van der Waals surface area contributed by atoms with E-state index in [0.29, 0.717) is 22.4 Å². The van der Waals surface area contributed by atoms with Gasteiger partial charge in [-0.3, -0.25) is 4.98 Å². The van der Waals surface area contributed by atoms with Gasteiger partial charge < -0.3 is 14.9 Å². The molecule has 0 amide bonds. The highest BCUT2D eigenvalue weighted by molar-refractivity contribution is 6.30. The van der Waals surface area contributed by atoms with E-state index in [4.69, 9.17) is 11.6 Å². The van der Waals surface area contributed by atoms with E-state index in [1.54, 1.807) is 19.1 Å². The van der Waals surface area contributed by atoms with E-state index in [-0.39, 0.29) is 22.3 Å². The molecule has 1 unspecified atom stereocenters. The average Bonchev–Trinajstić information content (AvgIpc) is 3.80. The minimum atomic E-state index is -3.70. The van der Waals surface area contributed by atoms with Crippen LogP contribution < -0.4 is 21.2 Å². The van der Waals surface area contributed by atoms with Gasteiger partial charge in [0.05, 0.1) is 17.8 Å². The molecule has 1 aliphatic heterocycles. The zero-order valence-corrected chi connectivity index (χ0v) is 30.6. The van der Waals surface area contributed by atoms with Crippen molar-refractivity contribution in [3.8, 4) is 16.8 Å². The van der Waals surface area contributed by atoms with Gasteiger partial charge in [-0.25, -0.2) is 23.9 Å². The number of rotatable bonds is 11. The van der Waals surface area contributed by atoms with Gasteiger partial charge in [0.15, 0.2) is 5.54 Å². The number of hydrogen-bond donors (Lipinski definition) is 2. The first-order chi connectivity index (χ1) is 25.9. The highest BCUT2D eigenvalue weighted by Gasteiger charge is 2.57. The van der Waals surface area contributed by atoms with Gasteiger partial charge in [-0.1, -0.05) is 48.9 Å². The SMILES string of the molecule is CC[C@@H]([C@H](C)O)n1ncn(-c2ccc(N3CCN(c4ccc(-c5ccc(C(F)(F)C(C)(c6cccc(Cl)c6)n6nn[nH]c6=O)nc5)cc4)CC3)cc2)c1=O. The number of hydrogen-bond acceptors (Lipinski definition) is 9. The molecule has 280 valence electrons. The summed E-state index contributed by atoms with van der Waals surface area (Å²) < 4.78 is 36.4. The van der Waals surface area contributed by atoms with Crippen molar-refractivity contribution in [1.29, 1.82) is 0 Å². The number of aromatic nitrogens is 8. The van der Waals surface area contributed by atoms with Crippen molar-refractivity contribution in [1.82, 2.24) is 39.5 Å². The molecule has 16 heteroatoms. The van der Waals surface area contributed by atoms with E-state index in [1.165, 1.54) is 53.0 Å². The molecule has 0 radical (unpaired) electrons. The van der Waals surface area contributed by atoms with Crippen LogP contribution in [0.15, 0.2) is 107 Å². The number of nitrogens with one attached hydrogen (secondary N) is 1. The highest BCUT2D eigenvalue weighted by Crippen LogP contribution is 2.47. The summed E-state index contributed by atoms with van der Waals surface area (Å²) in [5, 5.41) is 23.7. The second kappa shape index (κ2) is 14.6. The summed E-state index contributed by atoms with van der Waals surface area (Å²) in [5.74, 6) is -3.70. The number of halogens is 3. The zero-order valence-electron chi connectivity index (χ0n) is 29.9. The molecule has 0 spiro atoms. The fourth-order valence-electron chi connectivity index (χ4n) is 7.07. The van der Waals surface area contributed by atoms with Gasteiger partial charge in [-0.15, -0.1) is 0 Å². The number of aromatic amines is 1. The number of piperazine rings is 1. The van der Waals surface area contributed by atoms with Crippen LogP contribution in [0.25, 0.3) is 16.8 Å². The molecular formula is C38H39ClF2N10O3. The lowest BCUT2D eigenvalue weighted by molar-refractivity contribution is -0.103. The molecule has 54 heavy (non-hydrogen) atoms. The quantitative estimate of drug-likeness (QED) is 0.181. The van der Waals surface area contributed by atoms with Crippen molar-refractivity contribution < 1.29 is 13.9 Å². The van der Waals surface area contributed by atoms with E-state index >= 15 is 8.78 Å². The van der Waals surface area contributed by atoms with Gasteiger partial charge in [0.25, 0.3) is 0 Å². The standard InChI is InChI=1S/C38H39ClF2N10O3/c1-4-33(25(2)52)50-36(54)49(24-43-50)32-15-13-31(14-16-32)48-20-18-47(19-21-48)30-11-8-26(9-12-30)27-10-17-34(42-23-27)38(40,41)37(3,51-35(53)44-45-46-51)28-6-5-7-29(39)22-28/h5-17,22-25,33,52H,4,18-21H2,1-3H3,(H,44,46,53)/t25-,33-,37?/m0/s1. The third kappa shape index (κ3) is 6.57. The number of aliphatic hydroxyl groups is 1. The van der Waals surface area contributed by atoms with Crippen LogP contribution in [0, 0.1) is 0 Å². The van der Waals surface area contributed by atoms with Crippen LogP contribution in [0.1, 0.15) is 44.5 Å². The van der Waals surface area contributed by atoms with Crippen LogP contribution >= 0.6 is 11.6 Å². The Balaban J connectivity index is 1.01. The largest absolute Gasteiger partial charge is 0.391 e. The third-order valence-electron chi connectivity index (χ3n) is 10.3. The maximum absolute atomic E-state index is 16.5. The van der Waals surface area contributed by atoms with E-state index < -0.39 is 28.9 Å². The molecule has 1 saturated heterocycles. The van der Waals surface area contributed by atoms with Gasteiger partial charge in [-0.2, -0.15) is 18.6 Å².